The lowest BCUT2D eigenvalue weighted by Crippen LogP contribution is -2.42. The Morgan fingerprint density at radius 3 is 2.31 bits per heavy atom. The van der Waals surface area contributed by atoms with Crippen LogP contribution in [0, 0.1) is 0 Å². The third-order valence-electron chi connectivity index (χ3n) is 5.14. The molecule has 2 N–H and O–H groups in total. The van der Waals surface area contributed by atoms with Gasteiger partial charge in [-0.3, -0.25) is 14.5 Å². The fourth-order valence-electron chi connectivity index (χ4n) is 3.49. The molecule has 2 aromatic rings. The van der Waals surface area contributed by atoms with E-state index < -0.39 is 0 Å². The van der Waals surface area contributed by atoms with Gasteiger partial charge in [0.25, 0.3) is 5.91 Å². The zero-order valence-corrected chi connectivity index (χ0v) is 17.1. The molecule has 1 atom stereocenters. The Hall–Kier alpha value is -2.86. The van der Waals surface area contributed by atoms with Gasteiger partial charge in [-0.15, -0.1) is 0 Å². The molecule has 0 aromatic heterocycles. The molecule has 1 heterocycles. The second-order valence-corrected chi connectivity index (χ2v) is 7.35. The minimum absolute atomic E-state index is 0.0228. The van der Waals surface area contributed by atoms with E-state index >= 15 is 0 Å². The van der Waals surface area contributed by atoms with E-state index in [4.69, 9.17) is 4.74 Å². The molecule has 0 radical (unpaired) electrons. The first-order valence-corrected chi connectivity index (χ1v) is 10.2. The van der Waals surface area contributed by atoms with Crippen molar-refractivity contribution in [3.05, 3.63) is 54.1 Å². The fourth-order valence-corrected chi connectivity index (χ4v) is 3.49. The molecule has 1 aliphatic heterocycles. The van der Waals surface area contributed by atoms with Crippen LogP contribution in [0.3, 0.4) is 0 Å². The van der Waals surface area contributed by atoms with Crippen molar-refractivity contribution in [3.63, 3.8) is 0 Å². The molecule has 6 heteroatoms. The molecule has 29 heavy (non-hydrogen) atoms. The van der Waals surface area contributed by atoms with Crippen LogP contribution in [0.4, 0.5) is 11.4 Å². The van der Waals surface area contributed by atoms with Gasteiger partial charge in [0.05, 0.1) is 13.2 Å². The van der Waals surface area contributed by atoms with Crippen molar-refractivity contribution in [2.45, 2.75) is 39.2 Å². The highest BCUT2D eigenvalue weighted by molar-refractivity contribution is 6.04. The predicted octanol–water partition coefficient (Wildman–Crippen LogP) is 4.15. The number of nitrogens with one attached hydrogen (secondary N) is 2. The lowest BCUT2D eigenvalue weighted by Gasteiger charge is -2.32. The molecule has 6 nitrogen and oxygen atoms in total. The Balaban J connectivity index is 1.52. The second kappa shape index (κ2) is 10.1. The SMILES string of the molecule is CCOc1ccc(NC(=O)c2ccc(NC(=O)CN3CCCC[C@@H]3C)cc2)cc1. The average molecular weight is 396 g/mol. The summed E-state index contributed by atoms with van der Waals surface area (Å²) >= 11 is 0. The van der Waals surface area contributed by atoms with E-state index in [1.165, 1.54) is 6.42 Å². The van der Waals surface area contributed by atoms with Crippen molar-refractivity contribution in [2.75, 3.05) is 30.3 Å². The van der Waals surface area contributed by atoms with Crippen LogP contribution in [0.1, 0.15) is 43.5 Å². The Morgan fingerprint density at radius 1 is 1.00 bits per heavy atom. The number of hydrogen-bond donors (Lipinski definition) is 2. The predicted molar refractivity (Wildman–Crippen MR) is 116 cm³/mol. The molecule has 0 unspecified atom stereocenters. The fraction of sp³-hybridized carbons (Fsp3) is 0.391. The van der Waals surface area contributed by atoms with Crippen molar-refractivity contribution in [2.24, 2.45) is 0 Å². The summed E-state index contributed by atoms with van der Waals surface area (Å²) in [7, 11) is 0. The van der Waals surface area contributed by atoms with Gasteiger partial charge in [0.1, 0.15) is 5.75 Å². The number of amides is 2. The molecule has 3 rings (SSSR count). The number of benzene rings is 2. The van der Waals surface area contributed by atoms with Gasteiger partial charge in [-0.25, -0.2) is 0 Å². The normalized spacial score (nSPS) is 16.8. The van der Waals surface area contributed by atoms with Crippen LogP contribution in [-0.2, 0) is 4.79 Å². The van der Waals surface area contributed by atoms with Crippen LogP contribution in [0.25, 0.3) is 0 Å². The van der Waals surface area contributed by atoms with Crippen molar-refractivity contribution >= 4 is 23.2 Å². The number of carbonyl (C=O) groups is 2. The summed E-state index contributed by atoms with van der Waals surface area (Å²) in [6.45, 7) is 6.08. The molecule has 1 saturated heterocycles. The summed E-state index contributed by atoms with van der Waals surface area (Å²) in [6, 6.07) is 14.6. The Morgan fingerprint density at radius 2 is 1.66 bits per heavy atom. The van der Waals surface area contributed by atoms with E-state index in [0.717, 1.165) is 25.1 Å². The number of anilines is 2. The van der Waals surface area contributed by atoms with Gasteiger partial charge in [0.15, 0.2) is 0 Å². The van der Waals surface area contributed by atoms with E-state index in [2.05, 4.69) is 22.5 Å². The second-order valence-electron chi connectivity index (χ2n) is 7.35. The zero-order chi connectivity index (χ0) is 20.6. The van der Waals surface area contributed by atoms with E-state index in [1.54, 1.807) is 36.4 Å². The third kappa shape index (κ3) is 6.06. The standard InChI is InChI=1S/C23H29N3O3/c1-3-29-21-13-11-20(12-14-21)25-23(28)18-7-9-19(10-8-18)24-22(27)16-26-15-5-4-6-17(26)2/h7-14,17H,3-6,15-16H2,1-2H3,(H,24,27)(H,25,28)/t17-/m0/s1. The lowest BCUT2D eigenvalue weighted by atomic mass is 10.0. The largest absolute Gasteiger partial charge is 0.494 e. The Bertz CT molecular complexity index is 818. The third-order valence-corrected chi connectivity index (χ3v) is 5.14. The maximum atomic E-state index is 12.4. The van der Waals surface area contributed by atoms with Gasteiger partial charge in [-0.2, -0.15) is 0 Å². The number of nitrogens with zero attached hydrogens (tertiary/aromatic N) is 1. The van der Waals surface area contributed by atoms with Crippen molar-refractivity contribution in [3.8, 4) is 5.75 Å². The van der Waals surface area contributed by atoms with Crippen LogP contribution in [-0.4, -0.2) is 42.5 Å². The van der Waals surface area contributed by atoms with Crippen LogP contribution >= 0.6 is 0 Å². The summed E-state index contributed by atoms with van der Waals surface area (Å²) in [4.78, 5) is 27.0. The van der Waals surface area contributed by atoms with E-state index in [9.17, 15) is 9.59 Å². The van der Waals surface area contributed by atoms with Crippen LogP contribution in [0.5, 0.6) is 5.75 Å². The average Bonchev–Trinajstić information content (AvgIpc) is 2.72. The maximum absolute atomic E-state index is 12.4. The minimum Gasteiger partial charge on any atom is -0.494 e. The Kier molecular flexibility index (Phi) is 7.25. The minimum atomic E-state index is -0.200. The molecule has 1 aliphatic rings. The number of rotatable bonds is 7. The molecule has 0 saturated carbocycles. The molecule has 154 valence electrons. The quantitative estimate of drug-likeness (QED) is 0.739. The van der Waals surface area contributed by atoms with Crippen LogP contribution in [0.2, 0.25) is 0 Å². The van der Waals surface area contributed by atoms with Crippen molar-refractivity contribution < 1.29 is 14.3 Å². The monoisotopic (exact) mass is 395 g/mol. The number of ether oxygens (including phenoxy) is 1. The highest BCUT2D eigenvalue weighted by Gasteiger charge is 2.20. The first-order valence-electron chi connectivity index (χ1n) is 10.2. The summed E-state index contributed by atoms with van der Waals surface area (Å²) < 4.78 is 5.40. The van der Waals surface area contributed by atoms with E-state index in [0.29, 0.717) is 36.1 Å². The highest BCUT2D eigenvalue weighted by Crippen LogP contribution is 2.18. The van der Waals surface area contributed by atoms with Crippen molar-refractivity contribution in [1.29, 1.82) is 0 Å². The number of hydrogen-bond acceptors (Lipinski definition) is 4. The molecule has 0 spiro atoms. The molecular weight excluding hydrogens is 366 g/mol. The van der Waals surface area contributed by atoms with Gasteiger partial charge in [0.2, 0.25) is 5.91 Å². The summed E-state index contributed by atoms with van der Waals surface area (Å²) in [6.07, 6.45) is 3.53. The number of likely N-dealkylation sites (tertiary alicyclic amines) is 1. The molecule has 2 aromatic carbocycles. The van der Waals surface area contributed by atoms with Crippen molar-refractivity contribution in [1.82, 2.24) is 4.90 Å². The van der Waals surface area contributed by atoms with Gasteiger partial charge in [-0.05, 0) is 81.8 Å². The van der Waals surface area contributed by atoms with Crippen LogP contribution in [0.15, 0.2) is 48.5 Å². The number of carbonyl (C=O) groups excluding carboxylic acids is 2. The number of piperidine rings is 1. The first kappa shape index (κ1) is 20.9. The smallest absolute Gasteiger partial charge is 0.255 e. The van der Waals surface area contributed by atoms with E-state index in [1.807, 2.05) is 19.1 Å². The summed E-state index contributed by atoms with van der Waals surface area (Å²) in [5, 5.41) is 5.78. The highest BCUT2D eigenvalue weighted by atomic mass is 16.5. The maximum Gasteiger partial charge on any atom is 0.255 e. The van der Waals surface area contributed by atoms with Crippen LogP contribution < -0.4 is 15.4 Å². The van der Waals surface area contributed by atoms with Gasteiger partial charge in [-0.1, -0.05) is 6.42 Å². The first-order chi connectivity index (χ1) is 14.0. The van der Waals surface area contributed by atoms with Gasteiger partial charge in [0, 0.05) is 23.0 Å². The molecular formula is C23H29N3O3. The molecule has 1 fully saturated rings. The molecule has 0 bridgehead atoms. The van der Waals surface area contributed by atoms with Gasteiger partial charge < -0.3 is 15.4 Å². The topological polar surface area (TPSA) is 70.7 Å². The molecule has 2 amide bonds. The Labute approximate surface area is 172 Å². The summed E-state index contributed by atoms with van der Waals surface area (Å²) in [5.74, 6) is 0.545. The zero-order valence-electron chi connectivity index (χ0n) is 17.1. The lowest BCUT2D eigenvalue weighted by molar-refractivity contribution is -0.118. The summed E-state index contributed by atoms with van der Waals surface area (Å²) in [5.41, 5.74) is 1.92. The molecule has 0 aliphatic carbocycles. The van der Waals surface area contributed by atoms with Gasteiger partial charge >= 0.3 is 0 Å². The van der Waals surface area contributed by atoms with E-state index in [-0.39, 0.29) is 11.8 Å².